The van der Waals surface area contributed by atoms with E-state index < -0.39 is 0 Å². The van der Waals surface area contributed by atoms with Crippen LogP contribution in [0.2, 0.25) is 0 Å². The molecule has 0 heterocycles. The van der Waals surface area contributed by atoms with Crippen LogP contribution in [0.15, 0.2) is 11.6 Å². The summed E-state index contributed by atoms with van der Waals surface area (Å²) in [5.74, 6) is 3.00. The molecule has 0 saturated heterocycles. The quantitative estimate of drug-likeness (QED) is 0.577. The van der Waals surface area contributed by atoms with Crippen molar-refractivity contribution in [3.05, 3.63) is 11.6 Å². The molecule has 5 atom stereocenters. The van der Waals surface area contributed by atoms with Crippen LogP contribution < -0.4 is 0 Å². The lowest BCUT2D eigenvalue weighted by Gasteiger charge is -2.50. The summed E-state index contributed by atoms with van der Waals surface area (Å²) < 4.78 is 0. The molecule has 0 amide bonds. The van der Waals surface area contributed by atoms with Gasteiger partial charge in [-0.2, -0.15) is 0 Å². The zero-order valence-corrected chi connectivity index (χ0v) is 11.3. The standard InChI is InChI=1S/C16H24O/c1-10-4-6-13-15-12(5-7-14(15)17)11(2)9-16(13,3)8-10/h9-10,12-13,15H,4-8H2,1-3H3/t10-,12+,13-,15+,16-/m1/s1. The number of fused-ring (bicyclic) bond motifs is 3. The van der Waals surface area contributed by atoms with Gasteiger partial charge in [0, 0.05) is 12.3 Å². The van der Waals surface area contributed by atoms with Gasteiger partial charge in [0.25, 0.3) is 0 Å². The fourth-order valence-corrected chi connectivity index (χ4v) is 5.07. The number of hydrogen-bond donors (Lipinski definition) is 0. The van der Waals surface area contributed by atoms with Crippen molar-refractivity contribution in [3.63, 3.8) is 0 Å². The third-order valence-corrected chi connectivity index (χ3v) is 5.69. The molecular formula is C16H24O. The van der Waals surface area contributed by atoms with Crippen LogP contribution >= 0.6 is 0 Å². The molecule has 3 aliphatic rings. The number of Topliss-reactive ketones (excluding diaryl/α,β-unsaturated/α-hetero) is 1. The molecule has 1 nitrogen and oxygen atoms in total. The van der Waals surface area contributed by atoms with E-state index in [1.54, 1.807) is 0 Å². The summed E-state index contributed by atoms with van der Waals surface area (Å²) in [5, 5.41) is 0. The molecule has 2 fully saturated rings. The molecule has 0 spiro atoms. The van der Waals surface area contributed by atoms with Gasteiger partial charge in [0.05, 0.1) is 0 Å². The molecule has 0 N–H and O–H groups in total. The normalized spacial score (nSPS) is 49.6. The Hall–Kier alpha value is -0.590. The van der Waals surface area contributed by atoms with Gasteiger partial charge >= 0.3 is 0 Å². The highest BCUT2D eigenvalue weighted by Gasteiger charge is 2.52. The van der Waals surface area contributed by atoms with Crippen molar-refractivity contribution in [2.24, 2.45) is 29.1 Å². The minimum atomic E-state index is 0.308. The van der Waals surface area contributed by atoms with Crippen molar-refractivity contribution in [3.8, 4) is 0 Å². The lowest BCUT2D eigenvalue weighted by molar-refractivity contribution is -0.125. The van der Waals surface area contributed by atoms with Crippen LogP contribution in [0.3, 0.4) is 0 Å². The molecule has 2 saturated carbocycles. The molecule has 17 heavy (non-hydrogen) atoms. The number of rotatable bonds is 0. The highest BCUT2D eigenvalue weighted by Crippen LogP contribution is 2.57. The van der Waals surface area contributed by atoms with Gasteiger partial charge in [-0.25, -0.2) is 0 Å². The average molecular weight is 232 g/mol. The maximum atomic E-state index is 12.2. The van der Waals surface area contributed by atoms with Gasteiger partial charge in [0.15, 0.2) is 0 Å². The van der Waals surface area contributed by atoms with Gasteiger partial charge in [-0.1, -0.05) is 31.9 Å². The zero-order chi connectivity index (χ0) is 12.2. The van der Waals surface area contributed by atoms with Crippen molar-refractivity contribution in [1.29, 1.82) is 0 Å². The predicted molar refractivity (Wildman–Crippen MR) is 69.6 cm³/mol. The summed E-state index contributed by atoms with van der Waals surface area (Å²) in [7, 11) is 0. The van der Waals surface area contributed by atoms with E-state index in [1.807, 2.05) is 0 Å². The van der Waals surface area contributed by atoms with Gasteiger partial charge < -0.3 is 0 Å². The first-order valence-electron chi connectivity index (χ1n) is 7.23. The van der Waals surface area contributed by atoms with Gasteiger partial charge in [0.1, 0.15) is 5.78 Å². The number of carbonyl (C=O) groups is 1. The SMILES string of the molecule is CC1=C[C@@]2(C)C[C@H](C)CC[C@@H]2[C@H]2C(=O)CC[C@@H]12. The molecule has 0 bridgehead atoms. The second-order valence-electron chi connectivity index (χ2n) is 7.02. The van der Waals surface area contributed by atoms with E-state index in [0.717, 1.165) is 18.8 Å². The third-order valence-electron chi connectivity index (χ3n) is 5.69. The van der Waals surface area contributed by atoms with Crippen LogP contribution in [-0.4, -0.2) is 5.78 Å². The number of hydrogen-bond acceptors (Lipinski definition) is 1. The van der Waals surface area contributed by atoms with E-state index in [-0.39, 0.29) is 0 Å². The Kier molecular flexibility index (Phi) is 2.50. The Bertz CT molecular complexity index is 381. The Morgan fingerprint density at radius 3 is 2.82 bits per heavy atom. The van der Waals surface area contributed by atoms with Crippen molar-refractivity contribution < 1.29 is 4.79 Å². The largest absolute Gasteiger partial charge is 0.299 e. The van der Waals surface area contributed by atoms with Gasteiger partial charge in [-0.3, -0.25) is 4.79 Å². The second kappa shape index (κ2) is 3.70. The van der Waals surface area contributed by atoms with Crippen LogP contribution in [0.1, 0.15) is 52.9 Å². The summed E-state index contributed by atoms with van der Waals surface area (Å²) in [6, 6.07) is 0. The highest BCUT2D eigenvalue weighted by atomic mass is 16.1. The summed E-state index contributed by atoms with van der Waals surface area (Å²) in [5.41, 5.74) is 1.82. The van der Waals surface area contributed by atoms with Crippen LogP contribution in [-0.2, 0) is 4.79 Å². The third kappa shape index (κ3) is 1.62. The molecule has 0 aliphatic heterocycles. The lowest BCUT2D eigenvalue weighted by Crippen LogP contribution is -2.44. The highest BCUT2D eigenvalue weighted by molar-refractivity contribution is 5.84. The molecule has 0 unspecified atom stereocenters. The van der Waals surface area contributed by atoms with Crippen molar-refractivity contribution >= 4 is 5.78 Å². The summed E-state index contributed by atoms with van der Waals surface area (Å²) in [6.07, 6.45) is 8.37. The van der Waals surface area contributed by atoms with Crippen LogP contribution in [0, 0.1) is 29.1 Å². The minimum Gasteiger partial charge on any atom is -0.299 e. The van der Waals surface area contributed by atoms with Crippen LogP contribution in [0.5, 0.6) is 0 Å². The fraction of sp³-hybridized carbons (Fsp3) is 0.812. The number of carbonyl (C=O) groups excluding carboxylic acids is 1. The number of ketones is 1. The topological polar surface area (TPSA) is 17.1 Å². The summed E-state index contributed by atoms with van der Waals surface area (Å²) >= 11 is 0. The van der Waals surface area contributed by atoms with Gasteiger partial charge in [0.2, 0.25) is 0 Å². The first kappa shape index (κ1) is 11.5. The van der Waals surface area contributed by atoms with E-state index in [2.05, 4.69) is 26.8 Å². The first-order valence-corrected chi connectivity index (χ1v) is 7.23. The lowest BCUT2D eigenvalue weighted by atomic mass is 9.54. The molecule has 3 aliphatic carbocycles. The summed E-state index contributed by atoms with van der Waals surface area (Å²) in [4.78, 5) is 12.2. The monoisotopic (exact) mass is 232 g/mol. The zero-order valence-electron chi connectivity index (χ0n) is 11.3. The number of allylic oxidation sites excluding steroid dienone is 2. The molecule has 0 radical (unpaired) electrons. The summed E-state index contributed by atoms with van der Waals surface area (Å²) in [6.45, 7) is 7.03. The van der Waals surface area contributed by atoms with Crippen molar-refractivity contribution in [2.75, 3.05) is 0 Å². The van der Waals surface area contributed by atoms with Crippen molar-refractivity contribution in [1.82, 2.24) is 0 Å². The van der Waals surface area contributed by atoms with E-state index in [9.17, 15) is 4.79 Å². The smallest absolute Gasteiger partial charge is 0.136 e. The maximum Gasteiger partial charge on any atom is 0.136 e. The van der Waals surface area contributed by atoms with Gasteiger partial charge in [-0.15, -0.1) is 0 Å². The van der Waals surface area contributed by atoms with Crippen LogP contribution in [0.25, 0.3) is 0 Å². The van der Waals surface area contributed by atoms with E-state index in [0.29, 0.717) is 29.0 Å². The van der Waals surface area contributed by atoms with E-state index in [1.165, 1.54) is 24.8 Å². The molecule has 1 heteroatoms. The molecule has 0 aromatic carbocycles. The Morgan fingerprint density at radius 2 is 2.06 bits per heavy atom. The average Bonchev–Trinajstić information content (AvgIpc) is 2.60. The van der Waals surface area contributed by atoms with Crippen LogP contribution in [0.4, 0.5) is 0 Å². The fourth-order valence-electron chi connectivity index (χ4n) is 5.07. The first-order chi connectivity index (χ1) is 8.01. The molecule has 3 rings (SSSR count). The van der Waals surface area contributed by atoms with E-state index >= 15 is 0 Å². The predicted octanol–water partition coefficient (Wildman–Crippen LogP) is 3.98. The molecule has 94 valence electrons. The molecule has 0 aromatic rings. The Labute approximate surface area is 105 Å². The Morgan fingerprint density at radius 1 is 1.29 bits per heavy atom. The maximum absolute atomic E-state index is 12.2. The van der Waals surface area contributed by atoms with Gasteiger partial charge in [-0.05, 0) is 49.4 Å². The Balaban J connectivity index is 2.01. The molecule has 0 aromatic heterocycles. The van der Waals surface area contributed by atoms with Crippen molar-refractivity contribution in [2.45, 2.75) is 52.9 Å². The van der Waals surface area contributed by atoms with E-state index in [4.69, 9.17) is 0 Å². The minimum absolute atomic E-state index is 0.308. The second-order valence-corrected chi connectivity index (χ2v) is 7.02. The molecular weight excluding hydrogens is 208 g/mol.